The van der Waals surface area contributed by atoms with Gasteiger partial charge >= 0.3 is 6.03 Å². The summed E-state index contributed by atoms with van der Waals surface area (Å²) in [6.07, 6.45) is 4.10. The molecule has 1 aromatic rings. The van der Waals surface area contributed by atoms with Crippen molar-refractivity contribution >= 4 is 11.9 Å². The second-order valence-corrected chi connectivity index (χ2v) is 6.35. The molecule has 0 aliphatic heterocycles. The van der Waals surface area contributed by atoms with E-state index in [2.05, 4.69) is 28.8 Å². The van der Waals surface area contributed by atoms with E-state index in [4.69, 9.17) is 0 Å². The summed E-state index contributed by atoms with van der Waals surface area (Å²) in [5.74, 6) is -0.267. The van der Waals surface area contributed by atoms with Gasteiger partial charge in [-0.15, -0.1) is 0 Å². The van der Waals surface area contributed by atoms with E-state index in [-0.39, 0.29) is 24.5 Å². The Labute approximate surface area is 138 Å². The minimum atomic E-state index is -0.415. The predicted octanol–water partition coefficient (Wildman–Crippen LogP) is 2.62. The van der Waals surface area contributed by atoms with Gasteiger partial charge in [0.1, 0.15) is 0 Å². The third kappa shape index (κ3) is 4.79. The molecule has 2 N–H and O–H groups in total. The van der Waals surface area contributed by atoms with Crippen LogP contribution < -0.4 is 10.6 Å². The number of imide groups is 1. The van der Waals surface area contributed by atoms with Crippen LogP contribution in [0.25, 0.3) is 0 Å². The van der Waals surface area contributed by atoms with Gasteiger partial charge in [0.2, 0.25) is 5.91 Å². The number of amides is 3. The summed E-state index contributed by atoms with van der Waals surface area (Å²) in [5, 5.41) is 5.15. The molecule has 0 saturated carbocycles. The summed E-state index contributed by atoms with van der Waals surface area (Å²) >= 11 is 0. The molecule has 5 nitrogen and oxygen atoms in total. The normalized spacial score (nSPS) is 18.2. The highest BCUT2D eigenvalue weighted by atomic mass is 16.2. The standard InChI is InChI=1S/C18H27N3O2/c1-4-13(2)19-18(23)20-17(22)12-21(3)16-11-7-9-14-8-5-6-10-15(14)16/h5-6,8,10,13,16H,4,7,9,11-12H2,1-3H3,(H2,19,20,22,23)/t13-,16-/m1/s1. The Morgan fingerprint density at radius 3 is 2.83 bits per heavy atom. The number of carbonyl (C=O) groups is 2. The molecule has 126 valence electrons. The molecule has 1 aliphatic carbocycles. The van der Waals surface area contributed by atoms with Crippen molar-refractivity contribution in [3.05, 3.63) is 35.4 Å². The zero-order chi connectivity index (χ0) is 16.8. The smallest absolute Gasteiger partial charge is 0.321 e. The molecule has 1 aliphatic rings. The van der Waals surface area contributed by atoms with Gasteiger partial charge in [-0.3, -0.25) is 15.0 Å². The fourth-order valence-electron chi connectivity index (χ4n) is 3.05. The Morgan fingerprint density at radius 1 is 1.35 bits per heavy atom. The summed E-state index contributed by atoms with van der Waals surface area (Å²) in [5.41, 5.74) is 2.67. The number of nitrogens with zero attached hydrogens (tertiary/aromatic N) is 1. The molecule has 0 unspecified atom stereocenters. The van der Waals surface area contributed by atoms with Gasteiger partial charge in [-0.25, -0.2) is 4.79 Å². The second kappa shape index (κ2) is 8.11. The Bertz CT molecular complexity index is 559. The largest absolute Gasteiger partial charge is 0.335 e. The minimum Gasteiger partial charge on any atom is -0.335 e. The van der Waals surface area contributed by atoms with Crippen LogP contribution in [0.15, 0.2) is 24.3 Å². The van der Waals surface area contributed by atoms with Crippen LogP contribution in [0.1, 0.15) is 50.3 Å². The lowest BCUT2D eigenvalue weighted by molar-refractivity contribution is -0.121. The van der Waals surface area contributed by atoms with Gasteiger partial charge in [-0.1, -0.05) is 31.2 Å². The summed E-state index contributed by atoms with van der Waals surface area (Å²) < 4.78 is 0. The van der Waals surface area contributed by atoms with Crippen molar-refractivity contribution < 1.29 is 9.59 Å². The summed E-state index contributed by atoms with van der Waals surface area (Å²) in [7, 11) is 1.94. The van der Waals surface area contributed by atoms with Gasteiger partial charge in [0.15, 0.2) is 0 Å². The van der Waals surface area contributed by atoms with Crippen molar-refractivity contribution in [3.8, 4) is 0 Å². The van der Waals surface area contributed by atoms with Crippen molar-refractivity contribution in [3.63, 3.8) is 0 Å². The quantitative estimate of drug-likeness (QED) is 0.877. The molecule has 2 rings (SSSR count). The van der Waals surface area contributed by atoms with Crippen molar-refractivity contribution in [2.24, 2.45) is 0 Å². The van der Waals surface area contributed by atoms with E-state index in [0.717, 1.165) is 25.7 Å². The van der Waals surface area contributed by atoms with Gasteiger partial charge in [-0.05, 0) is 50.8 Å². The average molecular weight is 317 g/mol. The summed E-state index contributed by atoms with van der Waals surface area (Å²) in [4.78, 5) is 25.8. The number of rotatable bonds is 5. The Balaban J connectivity index is 1.91. The molecule has 1 aromatic carbocycles. The van der Waals surface area contributed by atoms with E-state index in [9.17, 15) is 9.59 Å². The van der Waals surface area contributed by atoms with Crippen LogP contribution in [-0.4, -0.2) is 36.5 Å². The van der Waals surface area contributed by atoms with Gasteiger partial charge in [-0.2, -0.15) is 0 Å². The second-order valence-electron chi connectivity index (χ2n) is 6.35. The molecule has 3 amide bonds. The predicted molar refractivity (Wildman–Crippen MR) is 91.2 cm³/mol. The first-order valence-corrected chi connectivity index (χ1v) is 8.39. The third-order valence-electron chi connectivity index (χ3n) is 4.51. The van der Waals surface area contributed by atoms with E-state index < -0.39 is 6.03 Å². The fourth-order valence-corrected chi connectivity index (χ4v) is 3.05. The van der Waals surface area contributed by atoms with E-state index >= 15 is 0 Å². The molecule has 5 heteroatoms. The molecule has 0 fully saturated rings. The van der Waals surface area contributed by atoms with E-state index in [1.165, 1.54) is 11.1 Å². The number of nitrogens with one attached hydrogen (secondary N) is 2. The molecular formula is C18H27N3O2. The monoisotopic (exact) mass is 317 g/mol. The van der Waals surface area contributed by atoms with Gasteiger partial charge in [0.05, 0.1) is 6.54 Å². The number of aryl methyl sites for hydroxylation is 1. The van der Waals surface area contributed by atoms with Crippen LogP contribution >= 0.6 is 0 Å². The number of hydrogen-bond donors (Lipinski definition) is 2. The maximum Gasteiger partial charge on any atom is 0.321 e. The van der Waals surface area contributed by atoms with Gasteiger partial charge in [0, 0.05) is 12.1 Å². The van der Waals surface area contributed by atoms with Crippen LogP contribution in [-0.2, 0) is 11.2 Å². The number of hydrogen-bond acceptors (Lipinski definition) is 3. The molecule has 0 aromatic heterocycles. The average Bonchev–Trinajstić information content (AvgIpc) is 2.53. The Kier molecular flexibility index (Phi) is 6.16. The maximum absolute atomic E-state index is 12.1. The van der Waals surface area contributed by atoms with Crippen molar-refractivity contribution in [1.82, 2.24) is 15.5 Å². The number of benzene rings is 1. The molecule has 2 atom stereocenters. The van der Waals surface area contributed by atoms with E-state index in [1.54, 1.807) is 0 Å². The first-order chi connectivity index (χ1) is 11.0. The van der Waals surface area contributed by atoms with E-state index in [0.29, 0.717) is 0 Å². The van der Waals surface area contributed by atoms with Crippen molar-refractivity contribution in [2.45, 2.75) is 51.6 Å². The maximum atomic E-state index is 12.1. The summed E-state index contributed by atoms with van der Waals surface area (Å²) in [6, 6.07) is 8.30. The zero-order valence-electron chi connectivity index (χ0n) is 14.3. The lowest BCUT2D eigenvalue weighted by atomic mass is 9.87. The molecule has 0 saturated heterocycles. The highest BCUT2D eigenvalue weighted by molar-refractivity contribution is 5.95. The number of likely N-dealkylation sites (N-methyl/N-ethyl adjacent to an activating group) is 1. The first-order valence-electron chi connectivity index (χ1n) is 8.39. The summed E-state index contributed by atoms with van der Waals surface area (Å²) in [6.45, 7) is 4.11. The first kappa shape index (κ1) is 17.5. The van der Waals surface area contributed by atoms with Crippen LogP contribution in [0.2, 0.25) is 0 Å². The number of urea groups is 1. The molecular weight excluding hydrogens is 290 g/mol. The van der Waals surface area contributed by atoms with E-state index in [1.807, 2.05) is 31.9 Å². The molecule has 23 heavy (non-hydrogen) atoms. The van der Waals surface area contributed by atoms with Crippen LogP contribution in [0.5, 0.6) is 0 Å². The highest BCUT2D eigenvalue weighted by Gasteiger charge is 2.25. The van der Waals surface area contributed by atoms with Crippen molar-refractivity contribution in [2.75, 3.05) is 13.6 Å². The molecule has 0 spiro atoms. The zero-order valence-corrected chi connectivity index (χ0v) is 14.3. The van der Waals surface area contributed by atoms with Crippen LogP contribution in [0, 0.1) is 0 Å². The highest BCUT2D eigenvalue weighted by Crippen LogP contribution is 2.33. The minimum absolute atomic E-state index is 0.0609. The van der Waals surface area contributed by atoms with Crippen molar-refractivity contribution in [1.29, 1.82) is 0 Å². The van der Waals surface area contributed by atoms with Crippen LogP contribution in [0.3, 0.4) is 0 Å². The third-order valence-corrected chi connectivity index (χ3v) is 4.51. The lowest BCUT2D eigenvalue weighted by Crippen LogP contribution is -2.46. The SMILES string of the molecule is CC[C@@H](C)NC(=O)NC(=O)CN(C)[C@@H]1CCCc2ccccc21. The Hall–Kier alpha value is -1.88. The van der Waals surface area contributed by atoms with Gasteiger partial charge in [0.25, 0.3) is 0 Å². The fraction of sp³-hybridized carbons (Fsp3) is 0.556. The number of fused-ring (bicyclic) bond motifs is 1. The number of carbonyl (C=O) groups excluding carboxylic acids is 2. The van der Waals surface area contributed by atoms with Gasteiger partial charge < -0.3 is 5.32 Å². The van der Waals surface area contributed by atoms with Crippen LogP contribution in [0.4, 0.5) is 4.79 Å². The Morgan fingerprint density at radius 2 is 2.09 bits per heavy atom. The lowest BCUT2D eigenvalue weighted by Gasteiger charge is -2.32. The molecule has 0 radical (unpaired) electrons. The molecule has 0 heterocycles. The topological polar surface area (TPSA) is 61.4 Å². The molecule has 0 bridgehead atoms.